The third-order valence-electron chi connectivity index (χ3n) is 14.3. The summed E-state index contributed by atoms with van der Waals surface area (Å²) in [6.45, 7) is 6.94. The van der Waals surface area contributed by atoms with Crippen LogP contribution in [0, 0.1) is 22.7 Å². The maximum Gasteiger partial charge on any atom is 0.338 e. The molecule has 4 fully saturated rings. The molecule has 15 heteroatoms. The van der Waals surface area contributed by atoms with Crippen molar-refractivity contribution in [1.82, 2.24) is 5.32 Å². The number of carbonyl (C=O) groups is 6. The number of carbonyl (C=O) groups excluding carboxylic acids is 6. The summed E-state index contributed by atoms with van der Waals surface area (Å²) >= 11 is 0. The average Bonchev–Trinajstić information content (AvgIpc) is 4.13. The summed E-state index contributed by atoms with van der Waals surface area (Å²) in [7, 11) is 0. The first kappa shape index (κ1) is 44.9. The Morgan fingerprint density at radius 1 is 0.844 bits per heavy atom. The fourth-order valence-electron chi connectivity index (χ4n) is 10.5. The smallest absolute Gasteiger partial charge is 0.338 e. The van der Waals surface area contributed by atoms with E-state index >= 15 is 4.79 Å². The highest BCUT2D eigenvalue weighted by Crippen LogP contribution is 2.64. The lowest BCUT2D eigenvalue weighted by Gasteiger charge is -2.67. The first-order valence-electron chi connectivity index (χ1n) is 21.6. The van der Waals surface area contributed by atoms with Gasteiger partial charge in [-0.05, 0) is 67.7 Å². The van der Waals surface area contributed by atoms with E-state index in [0.717, 1.165) is 6.92 Å². The third kappa shape index (κ3) is 7.41. The van der Waals surface area contributed by atoms with Gasteiger partial charge in [0.05, 0.1) is 41.6 Å². The summed E-state index contributed by atoms with van der Waals surface area (Å²) in [5.41, 5.74) is -6.94. The van der Waals surface area contributed by atoms with Crippen LogP contribution in [-0.4, -0.2) is 105 Å². The number of ketones is 1. The van der Waals surface area contributed by atoms with Crippen LogP contribution in [0.25, 0.3) is 0 Å². The monoisotopic (exact) mass is 879 g/mol. The number of fused-ring (bicyclic) bond motifs is 5. The lowest BCUT2D eigenvalue weighted by Crippen LogP contribution is -2.82. The van der Waals surface area contributed by atoms with Crippen LogP contribution in [0.3, 0.4) is 0 Å². The molecule has 3 aromatic carbocycles. The van der Waals surface area contributed by atoms with E-state index in [1.165, 1.54) is 26.0 Å². The number of amides is 1. The van der Waals surface area contributed by atoms with Crippen LogP contribution in [-0.2, 0) is 42.9 Å². The lowest BCUT2D eigenvalue weighted by atomic mass is 9.44. The van der Waals surface area contributed by atoms with E-state index in [0.29, 0.717) is 18.4 Å². The van der Waals surface area contributed by atoms with Crippen molar-refractivity contribution < 1.29 is 67.8 Å². The van der Waals surface area contributed by atoms with Gasteiger partial charge in [-0.15, -0.1) is 0 Å². The molecule has 3 saturated carbocycles. The van der Waals surface area contributed by atoms with Gasteiger partial charge in [-0.25, -0.2) is 9.59 Å². The number of nitrogens with one attached hydrogen (secondary N) is 1. The Hall–Kier alpha value is -5.74. The summed E-state index contributed by atoms with van der Waals surface area (Å²) in [5, 5.41) is 40.5. The van der Waals surface area contributed by atoms with Gasteiger partial charge < -0.3 is 44.3 Å². The molecule has 8 rings (SSSR count). The molecular weight excluding hydrogens is 827 g/mol. The van der Waals surface area contributed by atoms with Crippen molar-refractivity contribution in [2.24, 2.45) is 22.7 Å². The maximum atomic E-state index is 15.6. The minimum Gasteiger partial charge on any atom is -0.456 e. The summed E-state index contributed by atoms with van der Waals surface area (Å²) in [6.07, 6.45) is -9.30. The van der Waals surface area contributed by atoms with Gasteiger partial charge >= 0.3 is 23.9 Å². The van der Waals surface area contributed by atoms with E-state index in [-0.39, 0.29) is 35.3 Å². The Bertz CT molecular complexity index is 2370. The van der Waals surface area contributed by atoms with Crippen LogP contribution < -0.4 is 5.32 Å². The van der Waals surface area contributed by atoms with Gasteiger partial charge in [-0.1, -0.05) is 80.6 Å². The number of esters is 4. The van der Waals surface area contributed by atoms with Crippen LogP contribution >= 0.6 is 0 Å². The molecule has 338 valence electrons. The molecule has 5 aliphatic rings. The second-order valence-electron chi connectivity index (χ2n) is 18.5. The van der Waals surface area contributed by atoms with Crippen LogP contribution in [0.2, 0.25) is 0 Å². The van der Waals surface area contributed by atoms with Crippen molar-refractivity contribution >= 4 is 35.6 Å². The minimum atomic E-state index is -2.39. The highest BCUT2D eigenvalue weighted by Gasteiger charge is 2.78. The van der Waals surface area contributed by atoms with Crippen LogP contribution in [0.4, 0.5) is 0 Å². The van der Waals surface area contributed by atoms with Crippen molar-refractivity contribution in [3.05, 3.63) is 119 Å². The van der Waals surface area contributed by atoms with E-state index in [9.17, 15) is 39.3 Å². The number of benzene rings is 3. The topological polar surface area (TPSA) is 221 Å². The van der Waals surface area contributed by atoms with Crippen molar-refractivity contribution in [1.29, 1.82) is 0 Å². The van der Waals surface area contributed by atoms with E-state index in [1.54, 1.807) is 92.7 Å². The molecule has 15 nitrogen and oxygen atoms in total. The first-order valence-corrected chi connectivity index (χ1v) is 21.6. The van der Waals surface area contributed by atoms with E-state index < -0.39 is 119 Å². The van der Waals surface area contributed by atoms with Crippen molar-refractivity contribution in [3.8, 4) is 0 Å². The molecule has 1 heterocycles. The molecule has 1 amide bonds. The van der Waals surface area contributed by atoms with Crippen molar-refractivity contribution in [2.45, 2.75) is 114 Å². The molecule has 4 N–H and O–H groups in total. The van der Waals surface area contributed by atoms with Gasteiger partial charge in [0.25, 0.3) is 5.91 Å². The molecule has 2 bridgehead atoms. The van der Waals surface area contributed by atoms with Gasteiger partial charge in [0.2, 0.25) is 0 Å². The van der Waals surface area contributed by atoms with Crippen LogP contribution in [0.15, 0.2) is 102 Å². The molecule has 3 aromatic rings. The zero-order valence-electron chi connectivity index (χ0n) is 36.2. The molecule has 1 saturated heterocycles. The highest BCUT2D eigenvalue weighted by atomic mass is 16.6. The zero-order valence-corrected chi connectivity index (χ0v) is 36.2. The SMILES string of the molecule is CC(=O)O[C@H]1C(=O)[C@@]2(C)[C@H]([C@H](OC(=O)c3ccccc3)[C@]3(O)C[C@H](OC(=O)[C@H](O)[C@@H](NC(=O)c4ccccc4)c4ccccc4)C(C)=C1C3(C)C)[C@]1(OC(=O)C3CC3)CO[C@@H]1C[C@@H]2O. The van der Waals surface area contributed by atoms with Crippen LogP contribution in [0.5, 0.6) is 0 Å². The van der Waals surface area contributed by atoms with Gasteiger partial charge in [-0.3, -0.25) is 19.2 Å². The number of Topliss-reactive ketones (excluding diaryl/α,β-unsaturated/α-hetero) is 1. The second kappa shape index (κ2) is 16.7. The van der Waals surface area contributed by atoms with Gasteiger partial charge in [-0.2, -0.15) is 0 Å². The summed E-state index contributed by atoms with van der Waals surface area (Å²) in [5.74, 6) is -7.00. The van der Waals surface area contributed by atoms with E-state index in [1.807, 2.05) is 0 Å². The van der Waals surface area contributed by atoms with E-state index in [2.05, 4.69) is 5.32 Å². The largest absolute Gasteiger partial charge is 0.456 e. The summed E-state index contributed by atoms with van der Waals surface area (Å²) in [6, 6.07) is 23.1. The molecule has 0 radical (unpaired) electrons. The lowest BCUT2D eigenvalue weighted by molar-refractivity contribution is -0.346. The van der Waals surface area contributed by atoms with Gasteiger partial charge in [0, 0.05) is 30.7 Å². The zero-order chi connectivity index (χ0) is 45.9. The highest BCUT2D eigenvalue weighted by molar-refractivity contribution is 5.96. The summed E-state index contributed by atoms with van der Waals surface area (Å²) < 4.78 is 30.9. The molecule has 11 atom stereocenters. The van der Waals surface area contributed by atoms with Gasteiger partial charge in [0.15, 0.2) is 23.6 Å². The van der Waals surface area contributed by atoms with Gasteiger partial charge in [0.1, 0.15) is 23.9 Å². The molecule has 0 aromatic heterocycles. The molecule has 64 heavy (non-hydrogen) atoms. The normalized spacial score (nSPS) is 32.4. The number of ether oxygens (including phenoxy) is 5. The second-order valence-corrected chi connectivity index (χ2v) is 18.5. The molecule has 1 aliphatic heterocycles. The number of aliphatic hydroxyl groups is 3. The number of rotatable bonds is 11. The molecular formula is C49H53NO14. The van der Waals surface area contributed by atoms with Crippen molar-refractivity contribution in [2.75, 3.05) is 6.61 Å². The predicted octanol–water partition coefficient (Wildman–Crippen LogP) is 4.13. The molecule has 0 spiro atoms. The maximum absolute atomic E-state index is 15.6. The Labute approximate surface area is 370 Å². The molecule has 4 aliphatic carbocycles. The Kier molecular flexibility index (Phi) is 11.7. The number of hydrogen-bond acceptors (Lipinski definition) is 14. The number of hydrogen-bond donors (Lipinski definition) is 4. The average molecular weight is 880 g/mol. The quantitative estimate of drug-likeness (QED) is 0.121. The Balaban J connectivity index is 1.27. The predicted molar refractivity (Wildman–Crippen MR) is 225 cm³/mol. The van der Waals surface area contributed by atoms with E-state index in [4.69, 9.17) is 23.7 Å². The Morgan fingerprint density at radius 2 is 1.44 bits per heavy atom. The number of aliphatic hydroxyl groups excluding tert-OH is 2. The third-order valence-corrected chi connectivity index (χ3v) is 14.3. The standard InChI is InChI=1S/C49H53NO14/c1-26-32(62-45(58)37(53)36(28-15-9-6-10-16-28)50-42(55)29-17-11-7-12-18-29)24-49(59)41(63-43(56)30-19-13-8-14-20-30)39-47(5,40(54)38(61-27(2)51)35(26)46(49,3)4)33(52)23-34-48(39,25-60-34)64-44(57)31-21-22-31/h6-20,31-34,36-39,41,52-53,59H,21-25H2,1-5H3,(H,50,55)/t32-,33-,34+,36-,37+,38+,39-,41-,47+,48-,49+/m0/s1. The van der Waals surface area contributed by atoms with Crippen molar-refractivity contribution in [3.63, 3.8) is 0 Å². The first-order chi connectivity index (χ1) is 30.3. The molecule has 0 unspecified atom stereocenters. The Morgan fingerprint density at radius 3 is 2.00 bits per heavy atom. The van der Waals surface area contributed by atoms with Crippen LogP contribution in [0.1, 0.15) is 92.6 Å². The fourth-order valence-corrected chi connectivity index (χ4v) is 10.5. The minimum absolute atomic E-state index is 0.00868. The summed E-state index contributed by atoms with van der Waals surface area (Å²) in [4.78, 5) is 84.7. The fraction of sp³-hybridized carbons (Fsp3) is 0.469.